The average Bonchev–Trinajstić information content (AvgIpc) is 2.98. The fourth-order valence-electron chi connectivity index (χ4n) is 3.41. The molecule has 0 radical (unpaired) electrons. The van der Waals surface area contributed by atoms with Crippen LogP contribution in [-0.4, -0.2) is 53.1 Å². The van der Waals surface area contributed by atoms with Crippen LogP contribution >= 0.6 is 15.9 Å². The van der Waals surface area contributed by atoms with Gasteiger partial charge in [0.15, 0.2) is 0 Å². The minimum atomic E-state index is -0.754. The number of rotatable bonds is 4. The predicted octanol–water partition coefficient (Wildman–Crippen LogP) is 1.21. The van der Waals surface area contributed by atoms with Gasteiger partial charge in [-0.15, -0.1) is 0 Å². The third kappa shape index (κ3) is 2.24. The Morgan fingerprint density at radius 1 is 1.58 bits per heavy atom. The molecule has 6 heteroatoms. The number of hydrogen-bond acceptors (Lipinski definition) is 4. The highest BCUT2D eigenvalue weighted by atomic mass is 79.9. The quantitative estimate of drug-likeness (QED) is 0.902. The first-order valence-corrected chi connectivity index (χ1v) is 7.60. The highest BCUT2D eigenvalue weighted by molar-refractivity contribution is 9.10. The van der Waals surface area contributed by atoms with E-state index >= 15 is 0 Å². The smallest absolute Gasteiger partial charge is 0.113 e. The molecule has 106 valence electrons. The Hall–Kier alpha value is -0.430. The molecule has 1 aromatic heterocycles. The van der Waals surface area contributed by atoms with Crippen molar-refractivity contribution in [1.29, 1.82) is 0 Å². The van der Waals surface area contributed by atoms with Crippen LogP contribution in [0.2, 0.25) is 0 Å². The van der Waals surface area contributed by atoms with Gasteiger partial charge in [-0.25, -0.2) is 0 Å². The van der Waals surface area contributed by atoms with Gasteiger partial charge in [-0.05, 0) is 35.3 Å². The van der Waals surface area contributed by atoms with E-state index in [0.717, 1.165) is 42.6 Å². The Labute approximate surface area is 121 Å². The summed E-state index contributed by atoms with van der Waals surface area (Å²) in [5.74, 6) is 0.315. The number of ether oxygens (including phenoxy) is 1. The van der Waals surface area contributed by atoms with Gasteiger partial charge in [0.1, 0.15) is 5.60 Å². The maximum Gasteiger partial charge on any atom is 0.113 e. The number of fused-ring (bicyclic) bond motifs is 2. The summed E-state index contributed by atoms with van der Waals surface area (Å²) in [5, 5.41) is 15.6. The predicted molar refractivity (Wildman–Crippen MR) is 74.9 cm³/mol. The number of aromatic nitrogens is 2. The van der Waals surface area contributed by atoms with Gasteiger partial charge in [0, 0.05) is 26.1 Å². The first-order chi connectivity index (χ1) is 9.15. The topological polar surface area (TPSA) is 50.5 Å². The summed E-state index contributed by atoms with van der Waals surface area (Å²) in [6, 6.07) is 0. The zero-order valence-corrected chi connectivity index (χ0v) is 12.8. The summed E-state index contributed by atoms with van der Waals surface area (Å²) >= 11 is 3.55. The molecule has 3 atom stereocenters. The van der Waals surface area contributed by atoms with Gasteiger partial charge in [-0.2, -0.15) is 5.10 Å². The summed E-state index contributed by atoms with van der Waals surface area (Å²) < 4.78 is 7.92. The van der Waals surface area contributed by atoms with Gasteiger partial charge in [0.05, 0.1) is 29.5 Å². The van der Waals surface area contributed by atoms with Crippen LogP contribution in [0, 0.1) is 5.92 Å². The van der Waals surface area contributed by atoms with E-state index in [-0.39, 0.29) is 0 Å². The lowest BCUT2D eigenvalue weighted by Gasteiger charge is -2.39. The second-order valence-electron chi connectivity index (χ2n) is 5.52. The normalized spacial score (nSPS) is 33.8. The lowest BCUT2D eigenvalue weighted by atomic mass is 9.79. The van der Waals surface area contributed by atoms with Crippen LogP contribution in [0.25, 0.3) is 0 Å². The van der Waals surface area contributed by atoms with Crippen LogP contribution in [0.1, 0.15) is 18.5 Å². The van der Waals surface area contributed by atoms with Crippen LogP contribution in [0.15, 0.2) is 10.7 Å². The van der Waals surface area contributed by atoms with Gasteiger partial charge in [0.25, 0.3) is 0 Å². The monoisotopic (exact) mass is 329 g/mol. The minimum absolute atomic E-state index is 0.315. The second-order valence-corrected chi connectivity index (χ2v) is 6.37. The largest absolute Gasteiger partial charge is 0.383 e. The summed E-state index contributed by atoms with van der Waals surface area (Å²) in [6.07, 6.45) is 3.64. The number of piperidine rings is 1. The van der Waals surface area contributed by atoms with E-state index in [1.165, 1.54) is 0 Å². The molecule has 0 amide bonds. The molecule has 0 aliphatic carbocycles. The van der Waals surface area contributed by atoms with Crippen molar-refractivity contribution in [3.8, 4) is 0 Å². The van der Waals surface area contributed by atoms with Crippen molar-refractivity contribution >= 4 is 15.9 Å². The Kier molecular flexibility index (Phi) is 3.68. The first kappa shape index (κ1) is 13.5. The number of hydrogen-bond donors (Lipinski definition) is 1. The highest BCUT2D eigenvalue weighted by Gasteiger charge is 2.48. The maximum absolute atomic E-state index is 11.2. The van der Waals surface area contributed by atoms with Crippen molar-refractivity contribution in [2.24, 2.45) is 5.92 Å². The molecule has 2 fully saturated rings. The van der Waals surface area contributed by atoms with Crippen LogP contribution < -0.4 is 0 Å². The molecule has 0 saturated carbocycles. The Bertz CT molecular complexity index is 465. The van der Waals surface area contributed by atoms with Crippen molar-refractivity contribution in [2.45, 2.75) is 25.0 Å². The van der Waals surface area contributed by atoms with Gasteiger partial charge < -0.3 is 14.7 Å². The molecule has 2 aliphatic rings. The fourth-order valence-corrected chi connectivity index (χ4v) is 4.05. The molecule has 2 bridgehead atoms. The zero-order chi connectivity index (χ0) is 13.5. The van der Waals surface area contributed by atoms with Crippen LogP contribution in [0.3, 0.4) is 0 Å². The second kappa shape index (κ2) is 5.16. The summed E-state index contributed by atoms with van der Waals surface area (Å²) in [5.41, 5.74) is 0.173. The van der Waals surface area contributed by atoms with Crippen molar-refractivity contribution in [3.05, 3.63) is 16.4 Å². The Morgan fingerprint density at radius 3 is 3.21 bits per heavy atom. The van der Waals surface area contributed by atoms with E-state index in [0.29, 0.717) is 19.1 Å². The number of halogens is 1. The van der Waals surface area contributed by atoms with Gasteiger partial charge in [0.2, 0.25) is 0 Å². The number of aliphatic hydroxyl groups is 1. The van der Waals surface area contributed by atoms with Crippen molar-refractivity contribution in [3.63, 3.8) is 0 Å². The zero-order valence-electron chi connectivity index (χ0n) is 11.2. The van der Waals surface area contributed by atoms with Gasteiger partial charge in [-0.1, -0.05) is 0 Å². The number of nitrogens with zero attached hydrogens (tertiary/aromatic N) is 3. The molecule has 0 spiro atoms. The molecule has 19 heavy (non-hydrogen) atoms. The lowest BCUT2D eigenvalue weighted by Crippen LogP contribution is -2.45. The van der Waals surface area contributed by atoms with Gasteiger partial charge >= 0.3 is 0 Å². The Balaban J connectivity index is 1.93. The van der Waals surface area contributed by atoms with Crippen molar-refractivity contribution in [2.75, 3.05) is 33.4 Å². The SMILES string of the molecule is COCCn1ncc(Br)c1C1(O)CCN2CCC1C2. The van der Waals surface area contributed by atoms with Crippen LogP contribution in [-0.2, 0) is 16.9 Å². The molecule has 5 nitrogen and oxygen atoms in total. The van der Waals surface area contributed by atoms with Crippen LogP contribution in [0.4, 0.5) is 0 Å². The summed E-state index contributed by atoms with van der Waals surface area (Å²) in [6.45, 7) is 4.36. The van der Waals surface area contributed by atoms with E-state index in [1.807, 2.05) is 4.68 Å². The average molecular weight is 330 g/mol. The third-order valence-corrected chi connectivity index (χ3v) is 5.05. The van der Waals surface area contributed by atoms with Gasteiger partial charge in [-0.3, -0.25) is 4.68 Å². The first-order valence-electron chi connectivity index (χ1n) is 6.80. The minimum Gasteiger partial charge on any atom is -0.383 e. The lowest BCUT2D eigenvalue weighted by molar-refractivity contribution is -0.0581. The Morgan fingerprint density at radius 2 is 2.42 bits per heavy atom. The van der Waals surface area contributed by atoms with Crippen molar-refractivity contribution in [1.82, 2.24) is 14.7 Å². The van der Waals surface area contributed by atoms with Crippen molar-refractivity contribution < 1.29 is 9.84 Å². The molecular formula is C13H20BrN3O2. The molecule has 3 unspecified atom stereocenters. The summed E-state index contributed by atoms with van der Waals surface area (Å²) in [7, 11) is 1.68. The molecule has 2 aliphatic heterocycles. The van der Waals surface area contributed by atoms with E-state index in [1.54, 1.807) is 13.3 Å². The maximum atomic E-state index is 11.2. The molecular weight excluding hydrogens is 310 g/mol. The third-order valence-electron chi connectivity index (χ3n) is 4.47. The van der Waals surface area contributed by atoms with E-state index in [2.05, 4.69) is 25.9 Å². The number of methoxy groups -OCH3 is 1. The molecule has 3 heterocycles. The molecule has 1 N–H and O–H groups in total. The summed E-state index contributed by atoms with van der Waals surface area (Å²) in [4.78, 5) is 2.43. The van der Waals surface area contributed by atoms with Crippen LogP contribution in [0.5, 0.6) is 0 Å². The molecule has 0 aromatic carbocycles. The molecule has 1 aromatic rings. The van der Waals surface area contributed by atoms with E-state index in [4.69, 9.17) is 4.74 Å². The standard InChI is InChI=1S/C13H20BrN3O2/c1-19-7-6-17-12(11(14)8-15-17)13(18)3-5-16-4-2-10(13)9-16/h8,10,18H,2-7,9H2,1H3. The van der Waals surface area contributed by atoms with E-state index < -0.39 is 5.60 Å². The fraction of sp³-hybridized carbons (Fsp3) is 0.769. The molecule has 3 rings (SSSR count). The highest BCUT2D eigenvalue weighted by Crippen LogP contribution is 2.44. The van der Waals surface area contributed by atoms with E-state index in [9.17, 15) is 5.11 Å². The molecule has 2 saturated heterocycles.